The van der Waals surface area contributed by atoms with Crippen molar-refractivity contribution in [2.45, 2.75) is 20.3 Å². The van der Waals surface area contributed by atoms with Gasteiger partial charge in [0.25, 0.3) is 0 Å². The Morgan fingerprint density at radius 3 is 2.11 bits per heavy atom. The molecular weight excluding hydrogens is 250 g/mol. The van der Waals surface area contributed by atoms with Crippen molar-refractivity contribution in [3.63, 3.8) is 0 Å². The first-order valence-corrected chi connectivity index (χ1v) is 6.20. The van der Waals surface area contributed by atoms with Crippen LogP contribution in [-0.4, -0.2) is 52.4 Å². The van der Waals surface area contributed by atoms with Gasteiger partial charge < -0.3 is 24.3 Å². The lowest BCUT2D eigenvalue weighted by Crippen LogP contribution is -3.06. The Labute approximate surface area is 115 Å². The largest absolute Gasteiger partial charge is 0.550 e. The van der Waals surface area contributed by atoms with E-state index in [1.165, 1.54) is 11.8 Å². The van der Waals surface area contributed by atoms with E-state index in [2.05, 4.69) is 20.7 Å². The van der Waals surface area contributed by atoms with Crippen molar-refractivity contribution in [3.8, 4) is 0 Å². The molecule has 1 N–H and O–H groups in total. The van der Waals surface area contributed by atoms with E-state index in [1.54, 1.807) is 6.92 Å². The fourth-order valence-electron chi connectivity index (χ4n) is 0.695. The molecule has 0 saturated heterocycles. The summed E-state index contributed by atoms with van der Waals surface area (Å²) in [6.07, 6.45) is 0.111. The predicted octanol–water partition coefficient (Wildman–Crippen LogP) is -1.59. The molecule has 0 radical (unpaired) electrons. The summed E-state index contributed by atoms with van der Waals surface area (Å²) in [5.41, 5.74) is 0.419. The van der Waals surface area contributed by atoms with E-state index in [0.717, 1.165) is 6.54 Å². The maximum atomic E-state index is 10.9. The third-order valence-electron chi connectivity index (χ3n) is 1.84. The number of carbonyl (C=O) groups is 2. The second-order valence-electron chi connectivity index (χ2n) is 4.21. The maximum Gasteiger partial charge on any atom is 0.333 e. The Morgan fingerprint density at radius 2 is 1.74 bits per heavy atom. The number of carboxylic acids is 1. The van der Waals surface area contributed by atoms with Crippen LogP contribution >= 0.6 is 0 Å². The summed E-state index contributed by atoms with van der Waals surface area (Å²) < 4.78 is 10.1. The average molecular weight is 275 g/mol. The molecule has 0 unspecified atom stereocenters. The number of esters is 1. The molecule has 6 heteroatoms. The highest BCUT2D eigenvalue weighted by atomic mass is 16.6. The van der Waals surface area contributed by atoms with Gasteiger partial charge in [0.1, 0.15) is 13.2 Å². The number of quaternary nitrogens is 1. The fraction of sp³-hybridized carbons (Fsp3) is 0.692. The van der Waals surface area contributed by atoms with Gasteiger partial charge in [-0.05, 0) is 13.3 Å². The van der Waals surface area contributed by atoms with Crippen molar-refractivity contribution < 1.29 is 29.1 Å². The number of carbonyl (C=O) groups excluding carboxylic acids is 2. The van der Waals surface area contributed by atoms with Gasteiger partial charge in [-0.1, -0.05) is 13.5 Å². The molecule has 0 aliphatic rings. The minimum Gasteiger partial charge on any atom is -0.550 e. The van der Waals surface area contributed by atoms with Crippen LogP contribution in [0.4, 0.5) is 0 Å². The van der Waals surface area contributed by atoms with Crippen LogP contribution < -0.4 is 10.0 Å². The molecule has 6 nitrogen and oxygen atoms in total. The normalized spacial score (nSPS) is 9.53. The lowest BCUT2D eigenvalue weighted by Gasteiger charge is -2.08. The topological polar surface area (TPSA) is 80.1 Å². The van der Waals surface area contributed by atoms with E-state index in [1.807, 2.05) is 0 Å². The molecule has 0 aromatic carbocycles. The molecule has 0 rings (SSSR count). The van der Waals surface area contributed by atoms with Gasteiger partial charge in [-0.25, -0.2) is 4.79 Å². The highest BCUT2D eigenvalue weighted by Gasteiger charge is 2.01. The van der Waals surface area contributed by atoms with Crippen LogP contribution in [0, 0.1) is 0 Å². The minimum atomic E-state index is -0.995. The number of rotatable bonds is 8. The Kier molecular flexibility index (Phi) is 13.7. The SMILES string of the molecule is C=C(C)C(=O)OCCOCC[NH+](C)C.CCC(=O)[O-]. The van der Waals surface area contributed by atoms with Crippen LogP contribution in [0.25, 0.3) is 0 Å². The van der Waals surface area contributed by atoms with Gasteiger partial charge in [-0.3, -0.25) is 0 Å². The molecule has 0 fully saturated rings. The first-order valence-electron chi connectivity index (χ1n) is 6.20. The number of carboxylic acid groups (broad SMARTS) is 1. The number of ether oxygens (including phenoxy) is 2. The molecule has 0 aliphatic heterocycles. The molecule has 0 heterocycles. The Morgan fingerprint density at radius 1 is 1.21 bits per heavy atom. The third-order valence-corrected chi connectivity index (χ3v) is 1.84. The lowest BCUT2D eigenvalue weighted by atomic mass is 10.4. The molecule has 0 amide bonds. The van der Waals surface area contributed by atoms with E-state index in [4.69, 9.17) is 9.47 Å². The zero-order valence-corrected chi connectivity index (χ0v) is 12.3. The molecule has 0 saturated carbocycles. The van der Waals surface area contributed by atoms with Gasteiger partial charge in [0, 0.05) is 11.5 Å². The van der Waals surface area contributed by atoms with E-state index >= 15 is 0 Å². The smallest absolute Gasteiger partial charge is 0.333 e. The molecule has 0 bridgehead atoms. The summed E-state index contributed by atoms with van der Waals surface area (Å²) in [4.78, 5) is 21.5. The summed E-state index contributed by atoms with van der Waals surface area (Å²) in [5.74, 6) is -1.35. The molecule has 0 aliphatic carbocycles. The number of nitrogens with one attached hydrogen (secondary N) is 1. The zero-order valence-electron chi connectivity index (χ0n) is 12.3. The number of aliphatic carboxylic acids is 1. The molecule has 19 heavy (non-hydrogen) atoms. The van der Waals surface area contributed by atoms with Crippen molar-refractivity contribution in [1.29, 1.82) is 0 Å². The molecule has 0 atom stereocenters. The first-order chi connectivity index (χ1) is 8.81. The molecule has 0 spiro atoms. The van der Waals surface area contributed by atoms with Crippen LogP contribution in [0.5, 0.6) is 0 Å². The van der Waals surface area contributed by atoms with E-state index in [0.29, 0.717) is 25.4 Å². The van der Waals surface area contributed by atoms with Gasteiger partial charge in [0.05, 0.1) is 27.3 Å². The quantitative estimate of drug-likeness (QED) is 0.328. The van der Waals surface area contributed by atoms with Gasteiger partial charge in [-0.2, -0.15) is 0 Å². The van der Waals surface area contributed by atoms with Crippen molar-refractivity contribution in [2.75, 3.05) is 40.5 Å². The van der Waals surface area contributed by atoms with Crippen molar-refractivity contribution in [2.24, 2.45) is 0 Å². The van der Waals surface area contributed by atoms with E-state index in [-0.39, 0.29) is 12.4 Å². The van der Waals surface area contributed by atoms with Gasteiger partial charge in [-0.15, -0.1) is 0 Å². The second kappa shape index (κ2) is 13.0. The van der Waals surface area contributed by atoms with Crippen LogP contribution in [0.1, 0.15) is 20.3 Å². The van der Waals surface area contributed by atoms with Crippen molar-refractivity contribution in [3.05, 3.63) is 12.2 Å². The monoisotopic (exact) mass is 275 g/mol. The van der Waals surface area contributed by atoms with Crippen LogP contribution in [0.15, 0.2) is 12.2 Å². The Bertz CT molecular complexity index is 276. The number of hydrogen-bond donors (Lipinski definition) is 1. The number of hydrogen-bond acceptors (Lipinski definition) is 5. The van der Waals surface area contributed by atoms with Crippen LogP contribution in [0.3, 0.4) is 0 Å². The standard InChI is InChI=1S/C10H19NO3.C3H6O2/c1-9(2)10(12)14-8-7-13-6-5-11(3)4;1-2-3(4)5/h1,5-8H2,2-4H3;2H2,1H3,(H,4,5). The Balaban J connectivity index is 0. The van der Waals surface area contributed by atoms with E-state index in [9.17, 15) is 14.7 Å². The van der Waals surface area contributed by atoms with Crippen molar-refractivity contribution in [1.82, 2.24) is 0 Å². The summed E-state index contributed by atoms with van der Waals surface area (Å²) in [6, 6.07) is 0. The summed E-state index contributed by atoms with van der Waals surface area (Å²) >= 11 is 0. The second-order valence-corrected chi connectivity index (χ2v) is 4.21. The molecular formula is C13H25NO5. The highest BCUT2D eigenvalue weighted by Crippen LogP contribution is 1.91. The zero-order chi connectivity index (χ0) is 15.3. The van der Waals surface area contributed by atoms with E-state index < -0.39 is 5.97 Å². The summed E-state index contributed by atoms with van der Waals surface area (Å²) in [5, 5.41) is 9.26. The van der Waals surface area contributed by atoms with Crippen LogP contribution in [0.2, 0.25) is 0 Å². The molecule has 112 valence electrons. The number of likely N-dealkylation sites (N-methyl/N-ethyl adjacent to an activating group) is 1. The van der Waals surface area contributed by atoms with Gasteiger partial charge >= 0.3 is 5.97 Å². The minimum absolute atomic E-state index is 0.111. The summed E-state index contributed by atoms with van der Waals surface area (Å²) in [6.45, 7) is 9.03. The maximum absolute atomic E-state index is 10.9. The lowest BCUT2D eigenvalue weighted by molar-refractivity contribution is -0.858. The molecule has 0 aromatic heterocycles. The van der Waals surface area contributed by atoms with Gasteiger partial charge in [0.15, 0.2) is 0 Å². The Hall–Kier alpha value is -1.40. The van der Waals surface area contributed by atoms with Gasteiger partial charge in [0.2, 0.25) is 0 Å². The predicted molar refractivity (Wildman–Crippen MR) is 69.6 cm³/mol. The average Bonchev–Trinajstić information content (AvgIpc) is 2.33. The third kappa shape index (κ3) is 19.1. The molecule has 0 aromatic rings. The van der Waals surface area contributed by atoms with Crippen molar-refractivity contribution >= 4 is 11.9 Å². The van der Waals surface area contributed by atoms with Crippen LogP contribution in [-0.2, 0) is 19.1 Å². The fourth-order valence-corrected chi connectivity index (χ4v) is 0.695. The highest BCUT2D eigenvalue weighted by molar-refractivity contribution is 5.86. The first kappa shape index (κ1) is 19.9. The summed E-state index contributed by atoms with van der Waals surface area (Å²) in [7, 11) is 4.12.